The molecule has 0 radical (unpaired) electrons. The van der Waals surface area contributed by atoms with E-state index < -0.39 is 17.8 Å². The fourth-order valence-electron chi connectivity index (χ4n) is 4.13. The summed E-state index contributed by atoms with van der Waals surface area (Å²) in [4.78, 5) is 39.3. The van der Waals surface area contributed by atoms with E-state index >= 15 is 0 Å². The van der Waals surface area contributed by atoms with Crippen LogP contribution in [0.3, 0.4) is 0 Å². The van der Waals surface area contributed by atoms with Crippen molar-refractivity contribution in [3.05, 3.63) is 129 Å². The standard InChI is InChI=1S/C32H25BrN2O5/c1-21-3-2-4-24(17-21)20-40-27-13-7-22(8-14-27)18-29-30(36)34-32(38)35(31(29)37)26-11-15-28(16-12-26)39-19-23-5-9-25(33)10-6-23/h2-18H,19-20H2,1H3,(H,34,36,38)/b29-18+. The second-order valence-corrected chi connectivity index (χ2v) is 10.1. The molecule has 5 rings (SSSR count). The molecular formula is C32H25BrN2O5. The lowest BCUT2D eigenvalue weighted by molar-refractivity contribution is -0.122. The summed E-state index contributed by atoms with van der Waals surface area (Å²) in [5.74, 6) is -0.229. The minimum Gasteiger partial charge on any atom is -0.489 e. The number of anilines is 1. The molecular weight excluding hydrogens is 572 g/mol. The van der Waals surface area contributed by atoms with E-state index in [9.17, 15) is 14.4 Å². The molecule has 200 valence electrons. The van der Waals surface area contributed by atoms with Crippen molar-refractivity contribution in [1.29, 1.82) is 0 Å². The van der Waals surface area contributed by atoms with Gasteiger partial charge in [0, 0.05) is 4.47 Å². The number of amides is 4. The Kier molecular flexibility index (Phi) is 8.07. The summed E-state index contributed by atoms with van der Waals surface area (Å²) in [6, 6.07) is 28.6. The number of nitrogens with zero attached hydrogens (tertiary/aromatic N) is 1. The van der Waals surface area contributed by atoms with Crippen molar-refractivity contribution in [2.45, 2.75) is 20.1 Å². The van der Waals surface area contributed by atoms with Gasteiger partial charge in [0.25, 0.3) is 11.8 Å². The molecule has 0 atom stereocenters. The lowest BCUT2D eigenvalue weighted by Crippen LogP contribution is -2.54. The molecule has 1 saturated heterocycles. The first-order valence-electron chi connectivity index (χ1n) is 12.5. The summed E-state index contributed by atoms with van der Waals surface area (Å²) < 4.78 is 12.6. The molecule has 1 aliphatic heterocycles. The molecule has 1 fully saturated rings. The maximum Gasteiger partial charge on any atom is 0.335 e. The van der Waals surface area contributed by atoms with Crippen LogP contribution < -0.4 is 19.7 Å². The van der Waals surface area contributed by atoms with Crippen molar-refractivity contribution in [1.82, 2.24) is 5.32 Å². The van der Waals surface area contributed by atoms with Gasteiger partial charge in [0.1, 0.15) is 30.3 Å². The van der Waals surface area contributed by atoms with Crippen molar-refractivity contribution in [2.75, 3.05) is 4.90 Å². The lowest BCUT2D eigenvalue weighted by atomic mass is 10.1. The van der Waals surface area contributed by atoms with Gasteiger partial charge >= 0.3 is 6.03 Å². The molecule has 0 unspecified atom stereocenters. The third-order valence-electron chi connectivity index (χ3n) is 6.19. The van der Waals surface area contributed by atoms with Gasteiger partial charge in [-0.1, -0.05) is 70.0 Å². The summed E-state index contributed by atoms with van der Waals surface area (Å²) in [5.41, 5.74) is 4.00. The summed E-state index contributed by atoms with van der Waals surface area (Å²) in [6.45, 7) is 2.82. The maximum absolute atomic E-state index is 13.2. The molecule has 1 N–H and O–H groups in total. The number of hydrogen-bond donors (Lipinski definition) is 1. The maximum atomic E-state index is 13.2. The summed E-state index contributed by atoms with van der Waals surface area (Å²) >= 11 is 3.41. The number of carbonyl (C=O) groups is 3. The second kappa shape index (κ2) is 12.0. The van der Waals surface area contributed by atoms with E-state index in [2.05, 4.69) is 27.3 Å². The molecule has 7 nitrogen and oxygen atoms in total. The molecule has 4 aromatic rings. The lowest BCUT2D eigenvalue weighted by Gasteiger charge is -2.26. The largest absolute Gasteiger partial charge is 0.489 e. The Morgan fingerprint density at radius 1 is 0.775 bits per heavy atom. The predicted octanol–water partition coefficient (Wildman–Crippen LogP) is 6.58. The summed E-state index contributed by atoms with van der Waals surface area (Å²) in [5, 5.41) is 2.25. The van der Waals surface area contributed by atoms with E-state index in [0.717, 1.165) is 26.1 Å². The van der Waals surface area contributed by atoms with Gasteiger partial charge in [-0.15, -0.1) is 0 Å². The smallest absolute Gasteiger partial charge is 0.335 e. The van der Waals surface area contributed by atoms with Crippen LogP contribution >= 0.6 is 15.9 Å². The number of carbonyl (C=O) groups excluding carboxylic acids is 3. The fourth-order valence-corrected chi connectivity index (χ4v) is 4.39. The highest BCUT2D eigenvalue weighted by Gasteiger charge is 2.36. The van der Waals surface area contributed by atoms with Crippen LogP contribution in [0.1, 0.15) is 22.3 Å². The van der Waals surface area contributed by atoms with Crippen LogP contribution in [0.25, 0.3) is 6.08 Å². The Hall–Kier alpha value is -4.69. The van der Waals surface area contributed by atoms with Gasteiger partial charge in [0.2, 0.25) is 0 Å². The van der Waals surface area contributed by atoms with Gasteiger partial charge in [-0.3, -0.25) is 14.9 Å². The number of ether oxygens (including phenoxy) is 2. The Labute approximate surface area is 240 Å². The molecule has 8 heteroatoms. The van der Waals surface area contributed by atoms with E-state index in [-0.39, 0.29) is 5.57 Å². The van der Waals surface area contributed by atoms with Crippen molar-refractivity contribution in [2.24, 2.45) is 0 Å². The molecule has 1 aliphatic rings. The van der Waals surface area contributed by atoms with Gasteiger partial charge in [0.15, 0.2) is 0 Å². The van der Waals surface area contributed by atoms with Gasteiger partial charge in [-0.2, -0.15) is 0 Å². The number of halogens is 1. The molecule has 0 saturated carbocycles. The van der Waals surface area contributed by atoms with Crippen LogP contribution in [0, 0.1) is 6.92 Å². The molecule has 0 spiro atoms. The van der Waals surface area contributed by atoms with Crippen molar-refractivity contribution >= 4 is 45.5 Å². The highest BCUT2D eigenvalue weighted by atomic mass is 79.9. The zero-order chi connectivity index (χ0) is 28.1. The quantitative estimate of drug-likeness (QED) is 0.183. The Balaban J connectivity index is 1.26. The topological polar surface area (TPSA) is 84.9 Å². The zero-order valence-corrected chi connectivity index (χ0v) is 23.2. The number of rotatable bonds is 8. The number of benzene rings is 4. The highest BCUT2D eigenvalue weighted by Crippen LogP contribution is 2.25. The second-order valence-electron chi connectivity index (χ2n) is 9.21. The molecule has 4 amide bonds. The number of imide groups is 2. The highest BCUT2D eigenvalue weighted by molar-refractivity contribution is 9.10. The number of hydrogen-bond acceptors (Lipinski definition) is 5. The Morgan fingerprint density at radius 3 is 2.05 bits per heavy atom. The minimum atomic E-state index is -0.810. The third kappa shape index (κ3) is 6.47. The van der Waals surface area contributed by atoms with Crippen molar-refractivity contribution < 1.29 is 23.9 Å². The Bertz CT molecular complexity index is 1580. The number of aryl methyl sites for hydroxylation is 1. The molecule has 4 aromatic carbocycles. The van der Waals surface area contributed by atoms with Gasteiger partial charge in [0.05, 0.1) is 5.69 Å². The normalized spacial score (nSPS) is 14.3. The molecule has 0 bridgehead atoms. The number of barbiturate groups is 1. The molecule has 1 heterocycles. The monoisotopic (exact) mass is 596 g/mol. The van der Waals surface area contributed by atoms with Crippen molar-refractivity contribution in [3.63, 3.8) is 0 Å². The van der Waals surface area contributed by atoms with Crippen LogP contribution in [0.15, 0.2) is 107 Å². The van der Waals surface area contributed by atoms with Gasteiger partial charge < -0.3 is 9.47 Å². The SMILES string of the molecule is Cc1cccc(COc2ccc(/C=C3\C(=O)NC(=O)N(c4ccc(OCc5ccc(Br)cc5)cc4)C3=O)cc2)c1. The molecule has 0 aromatic heterocycles. The van der Waals surface area contributed by atoms with Gasteiger partial charge in [-0.25, -0.2) is 9.69 Å². The summed E-state index contributed by atoms with van der Waals surface area (Å²) in [6.07, 6.45) is 1.46. The first kappa shape index (κ1) is 26.9. The van der Waals surface area contributed by atoms with Crippen LogP contribution in [0.5, 0.6) is 11.5 Å². The molecule has 40 heavy (non-hydrogen) atoms. The average molecular weight is 597 g/mol. The first-order chi connectivity index (χ1) is 19.4. The first-order valence-corrected chi connectivity index (χ1v) is 13.3. The fraction of sp³-hybridized carbons (Fsp3) is 0.0938. The van der Waals surface area contributed by atoms with Gasteiger partial charge in [-0.05, 0) is 78.2 Å². The number of urea groups is 1. The molecule has 0 aliphatic carbocycles. The minimum absolute atomic E-state index is 0.149. The summed E-state index contributed by atoms with van der Waals surface area (Å²) in [7, 11) is 0. The average Bonchev–Trinajstić information content (AvgIpc) is 2.95. The van der Waals surface area contributed by atoms with E-state index in [4.69, 9.17) is 9.47 Å². The van der Waals surface area contributed by atoms with E-state index in [1.165, 1.54) is 6.08 Å². The Morgan fingerprint density at radius 2 is 1.40 bits per heavy atom. The number of nitrogens with one attached hydrogen (secondary N) is 1. The van der Waals surface area contributed by atoms with Crippen LogP contribution in [0.4, 0.5) is 10.5 Å². The third-order valence-corrected chi connectivity index (χ3v) is 6.72. The van der Waals surface area contributed by atoms with Crippen LogP contribution in [0.2, 0.25) is 0 Å². The van der Waals surface area contributed by atoms with Crippen molar-refractivity contribution in [3.8, 4) is 11.5 Å². The van der Waals surface area contributed by atoms with Crippen LogP contribution in [-0.4, -0.2) is 17.8 Å². The van der Waals surface area contributed by atoms with E-state index in [0.29, 0.717) is 36.0 Å². The van der Waals surface area contributed by atoms with E-state index in [1.54, 1.807) is 48.5 Å². The van der Waals surface area contributed by atoms with Crippen LogP contribution in [-0.2, 0) is 22.8 Å². The van der Waals surface area contributed by atoms with E-state index in [1.807, 2.05) is 49.4 Å². The predicted molar refractivity (Wildman–Crippen MR) is 156 cm³/mol. The zero-order valence-electron chi connectivity index (χ0n) is 21.6.